The maximum absolute atomic E-state index is 13.6. The molecule has 2 aliphatic rings. The molecule has 1 amide bonds. The van der Waals surface area contributed by atoms with E-state index in [0.29, 0.717) is 57.8 Å². The smallest absolute Gasteiger partial charge is 0.269 e. The molecule has 4 aromatic rings. The monoisotopic (exact) mass is 576 g/mol. The third-order valence-electron chi connectivity index (χ3n) is 6.64. The van der Waals surface area contributed by atoms with E-state index in [-0.39, 0.29) is 43.7 Å². The quantitative estimate of drug-likeness (QED) is 0.127. The molecule has 0 atom stereocenters. The number of benzene rings is 3. The van der Waals surface area contributed by atoms with E-state index in [1.54, 1.807) is 28.8 Å². The van der Waals surface area contributed by atoms with Gasteiger partial charge in [0.2, 0.25) is 19.5 Å². The van der Waals surface area contributed by atoms with Gasteiger partial charge in [0.15, 0.2) is 28.2 Å². The maximum Gasteiger partial charge on any atom is 0.269 e. The molecule has 210 valence electrons. The first-order valence-corrected chi connectivity index (χ1v) is 13.8. The lowest BCUT2D eigenvalue weighted by molar-refractivity contribution is -0.384. The topological polar surface area (TPSA) is 144 Å². The number of hydrogen-bond donors (Lipinski definition) is 1. The van der Waals surface area contributed by atoms with Gasteiger partial charge in [-0.05, 0) is 35.7 Å². The fraction of sp³-hybridized carbons (Fsp3) is 0.250. The summed E-state index contributed by atoms with van der Waals surface area (Å²) in [4.78, 5) is 41.4. The molecule has 0 fully saturated rings. The molecular formula is C28H24N4O8S. The number of carbonyl (C=O) groups excluding carboxylic acids is 1. The minimum atomic E-state index is -0.449. The summed E-state index contributed by atoms with van der Waals surface area (Å²) in [5.41, 5.74) is 1.96. The summed E-state index contributed by atoms with van der Waals surface area (Å²) in [6, 6.07) is 15.1. The first kappa shape index (κ1) is 26.4. The third-order valence-corrected chi connectivity index (χ3v) is 7.69. The minimum absolute atomic E-state index is 0.00682. The van der Waals surface area contributed by atoms with Gasteiger partial charge in [0.1, 0.15) is 0 Å². The molecule has 0 saturated carbocycles. The first-order chi connectivity index (χ1) is 19.9. The van der Waals surface area contributed by atoms with Crippen molar-refractivity contribution in [3.63, 3.8) is 0 Å². The second-order valence-corrected chi connectivity index (χ2v) is 10.3. The molecule has 1 N–H and O–H groups in total. The minimum Gasteiger partial charge on any atom is -0.454 e. The lowest BCUT2D eigenvalue weighted by Gasteiger charge is -2.14. The van der Waals surface area contributed by atoms with Crippen molar-refractivity contribution in [1.82, 2.24) is 14.9 Å². The predicted octanol–water partition coefficient (Wildman–Crippen LogP) is 4.15. The van der Waals surface area contributed by atoms with Crippen LogP contribution in [0.15, 0.2) is 64.5 Å². The molecule has 0 saturated heterocycles. The van der Waals surface area contributed by atoms with Gasteiger partial charge in [-0.25, -0.2) is 4.98 Å². The van der Waals surface area contributed by atoms with E-state index in [0.717, 1.165) is 11.1 Å². The van der Waals surface area contributed by atoms with Gasteiger partial charge in [0.05, 0.1) is 15.8 Å². The van der Waals surface area contributed by atoms with Crippen molar-refractivity contribution < 1.29 is 28.7 Å². The van der Waals surface area contributed by atoms with E-state index >= 15 is 0 Å². The molecule has 0 spiro atoms. The normalized spacial score (nSPS) is 13.0. The number of amides is 1. The molecule has 0 radical (unpaired) electrons. The zero-order valence-electron chi connectivity index (χ0n) is 21.7. The standard InChI is InChI=1S/C28H24N4O8S/c33-26(29-13-18-5-8-22-23(10-18)38-15-37-22)2-1-9-31-27(34)20-11-24-25(40-16-39-24)12-21(20)30-28(31)41-14-17-3-6-19(7-4-17)32(35)36/h3-8,10-12H,1-2,9,13-16H2,(H,29,33). The summed E-state index contributed by atoms with van der Waals surface area (Å²) in [6.45, 7) is 0.876. The molecular weight excluding hydrogens is 552 g/mol. The lowest BCUT2D eigenvalue weighted by Crippen LogP contribution is -2.26. The zero-order chi connectivity index (χ0) is 28.3. The Bertz CT molecular complexity index is 1710. The Hall–Kier alpha value is -4.78. The number of aromatic nitrogens is 2. The number of fused-ring (bicyclic) bond motifs is 3. The molecule has 3 aromatic carbocycles. The second kappa shape index (κ2) is 11.4. The fourth-order valence-electron chi connectivity index (χ4n) is 4.50. The second-order valence-electron chi connectivity index (χ2n) is 9.35. The van der Waals surface area contributed by atoms with Crippen LogP contribution in [0, 0.1) is 10.1 Å². The number of hydrogen-bond acceptors (Lipinski definition) is 10. The van der Waals surface area contributed by atoms with Gasteiger partial charge in [-0.1, -0.05) is 30.0 Å². The number of carbonyl (C=O) groups is 1. The number of nitrogens with one attached hydrogen (secondary N) is 1. The molecule has 1 aromatic heterocycles. The number of ether oxygens (including phenoxy) is 4. The average molecular weight is 577 g/mol. The van der Waals surface area contributed by atoms with Crippen LogP contribution in [0.5, 0.6) is 23.0 Å². The molecule has 3 heterocycles. The predicted molar refractivity (Wildman–Crippen MR) is 148 cm³/mol. The van der Waals surface area contributed by atoms with Crippen molar-refractivity contribution in [2.75, 3.05) is 13.6 Å². The summed E-state index contributed by atoms with van der Waals surface area (Å²) in [6.07, 6.45) is 0.623. The number of nitro groups is 1. The van der Waals surface area contributed by atoms with E-state index in [9.17, 15) is 19.7 Å². The molecule has 6 rings (SSSR count). The SMILES string of the molecule is O=C(CCCn1c(SCc2ccc([N+](=O)[O-])cc2)nc2cc3c(cc2c1=O)OCO3)NCc1ccc2c(c1)OCO2. The van der Waals surface area contributed by atoms with Crippen LogP contribution in [0.2, 0.25) is 0 Å². The van der Waals surface area contributed by atoms with Gasteiger partial charge in [0.25, 0.3) is 11.2 Å². The van der Waals surface area contributed by atoms with Crippen LogP contribution < -0.4 is 29.8 Å². The Balaban J connectivity index is 1.16. The summed E-state index contributed by atoms with van der Waals surface area (Å²) >= 11 is 1.34. The van der Waals surface area contributed by atoms with Crippen molar-refractivity contribution in [1.29, 1.82) is 0 Å². The highest BCUT2D eigenvalue weighted by Crippen LogP contribution is 2.35. The van der Waals surface area contributed by atoms with E-state index < -0.39 is 4.92 Å². The molecule has 0 unspecified atom stereocenters. The van der Waals surface area contributed by atoms with Crippen molar-refractivity contribution in [2.24, 2.45) is 0 Å². The summed E-state index contributed by atoms with van der Waals surface area (Å²) < 4.78 is 23.2. The molecule has 0 aliphatic carbocycles. The van der Waals surface area contributed by atoms with E-state index in [1.807, 2.05) is 18.2 Å². The highest BCUT2D eigenvalue weighted by atomic mass is 32.2. The summed E-state index contributed by atoms with van der Waals surface area (Å²) in [7, 11) is 0. The van der Waals surface area contributed by atoms with Crippen molar-refractivity contribution in [3.05, 3.63) is 86.2 Å². The van der Waals surface area contributed by atoms with Gasteiger partial charge in [-0.3, -0.25) is 24.3 Å². The van der Waals surface area contributed by atoms with Crippen LogP contribution in [-0.2, 0) is 23.6 Å². The lowest BCUT2D eigenvalue weighted by atomic mass is 10.2. The first-order valence-electron chi connectivity index (χ1n) is 12.8. The Morgan fingerprint density at radius 1 is 0.951 bits per heavy atom. The average Bonchev–Trinajstić information content (AvgIpc) is 3.64. The fourth-order valence-corrected chi connectivity index (χ4v) is 5.48. The number of non-ortho nitro benzene ring substituents is 1. The Morgan fingerprint density at radius 2 is 1.63 bits per heavy atom. The van der Waals surface area contributed by atoms with Crippen LogP contribution >= 0.6 is 11.8 Å². The van der Waals surface area contributed by atoms with Crippen molar-refractivity contribution >= 4 is 34.3 Å². The number of nitro benzene ring substituents is 1. The van der Waals surface area contributed by atoms with Gasteiger partial charge >= 0.3 is 0 Å². The summed E-state index contributed by atoms with van der Waals surface area (Å²) in [5, 5.41) is 14.7. The van der Waals surface area contributed by atoms with Crippen LogP contribution in [0.25, 0.3) is 10.9 Å². The highest BCUT2D eigenvalue weighted by Gasteiger charge is 2.20. The van der Waals surface area contributed by atoms with Crippen LogP contribution in [-0.4, -0.2) is 34.0 Å². The van der Waals surface area contributed by atoms with Gasteiger partial charge in [-0.2, -0.15) is 0 Å². The number of nitrogens with zero attached hydrogens (tertiary/aromatic N) is 3. The zero-order valence-corrected chi connectivity index (χ0v) is 22.5. The molecule has 41 heavy (non-hydrogen) atoms. The number of rotatable bonds is 10. The number of thioether (sulfide) groups is 1. The molecule has 2 aliphatic heterocycles. The van der Waals surface area contributed by atoms with E-state index in [2.05, 4.69) is 5.32 Å². The largest absolute Gasteiger partial charge is 0.454 e. The van der Waals surface area contributed by atoms with Crippen LogP contribution in [0.3, 0.4) is 0 Å². The molecule has 12 nitrogen and oxygen atoms in total. The maximum atomic E-state index is 13.6. The molecule has 13 heteroatoms. The summed E-state index contributed by atoms with van der Waals surface area (Å²) in [5.74, 6) is 2.64. The van der Waals surface area contributed by atoms with Gasteiger partial charge in [-0.15, -0.1) is 0 Å². The van der Waals surface area contributed by atoms with Gasteiger partial charge < -0.3 is 24.3 Å². The highest BCUT2D eigenvalue weighted by molar-refractivity contribution is 7.98. The molecule has 0 bridgehead atoms. The van der Waals surface area contributed by atoms with E-state index in [4.69, 9.17) is 23.9 Å². The van der Waals surface area contributed by atoms with Crippen LogP contribution in [0.1, 0.15) is 24.0 Å². The van der Waals surface area contributed by atoms with E-state index in [1.165, 1.54) is 23.9 Å². The van der Waals surface area contributed by atoms with Crippen LogP contribution in [0.4, 0.5) is 5.69 Å². The van der Waals surface area contributed by atoms with Crippen molar-refractivity contribution in [3.8, 4) is 23.0 Å². The van der Waals surface area contributed by atoms with Crippen molar-refractivity contribution in [2.45, 2.75) is 36.8 Å². The third kappa shape index (κ3) is 5.75. The Labute approximate surface area is 237 Å². The Morgan fingerprint density at radius 3 is 2.39 bits per heavy atom. The Kier molecular flexibility index (Phi) is 7.33. The van der Waals surface area contributed by atoms with Gasteiger partial charge in [0, 0.05) is 43.5 Å².